The van der Waals surface area contributed by atoms with Crippen molar-refractivity contribution in [1.29, 1.82) is 0 Å². The van der Waals surface area contributed by atoms with E-state index >= 15 is 0 Å². The number of nitrogens with one attached hydrogen (secondary N) is 1. The van der Waals surface area contributed by atoms with Gasteiger partial charge in [0, 0.05) is 35.7 Å². The molecule has 4 aliphatic rings. The molecule has 2 aromatic rings. The van der Waals surface area contributed by atoms with Crippen LogP contribution in [0.2, 0.25) is 5.02 Å². The highest BCUT2D eigenvalue weighted by Gasteiger charge is 2.44. The minimum absolute atomic E-state index is 0.124. The average Bonchev–Trinajstić information content (AvgIpc) is 3.19. The van der Waals surface area contributed by atoms with Crippen molar-refractivity contribution in [2.75, 3.05) is 31.2 Å². The number of halogens is 1. The number of sulfonamides is 1. The van der Waals surface area contributed by atoms with Gasteiger partial charge in [-0.05, 0) is 117 Å². The molecule has 1 saturated heterocycles. The molecule has 7 atom stereocenters. The molecule has 2 heterocycles. The van der Waals surface area contributed by atoms with Crippen LogP contribution in [0.1, 0.15) is 93.1 Å². The second-order valence-corrected chi connectivity index (χ2v) is 17.4. The Morgan fingerprint density at radius 2 is 2.04 bits per heavy atom. The molecular weight excluding hydrogens is 672 g/mol. The minimum Gasteiger partial charge on any atom is -0.490 e. The van der Waals surface area contributed by atoms with Gasteiger partial charge in [0.2, 0.25) is 10.0 Å². The van der Waals surface area contributed by atoms with Gasteiger partial charge in [0.15, 0.2) is 0 Å². The Morgan fingerprint density at radius 3 is 2.74 bits per heavy atom. The first-order valence-corrected chi connectivity index (χ1v) is 20.4. The van der Waals surface area contributed by atoms with Crippen LogP contribution in [0.15, 0.2) is 61.2 Å². The fraction of sp³-hybridized carbons (Fsp3) is 0.575. The number of benzene rings is 2. The summed E-state index contributed by atoms with van der Waals surface area (Å²) in [5, 5.41) is 11.0. The lowest BCUT2D eigenvalue weighted by atomic mass is 9.68. The predicted molar refractivity (Wildman–Crippen MR) is 200 cm³/mol. The minimum atomic E-state index is -4.02. The van der Waals surface area contributed by atoms with Crippen LogP contribution in [0.3, 0.4) is 0 Å². The van der Waals surface area contributed by atoms with Gasteiger partial charge in [0.05, 0.1) is 29.8 Å². The number of rotatable bonds is 14. The number of ether oxygens (including phenoxy) is 2. The van der Waals surface area contributed by atoms with Gasteiger partial charge in [-0.15, -0.1) is 6.58 Å². The molecule has 2 N–H and O–H groups in total. The Morgan fingerprint density at radius 1 is 1.22 bits per heavy atom. The van der Waals surface area contributed by atoms with Crippen LogP contribution < -0.4 is 14.4 Å². The zero-order chi connectivity index (χ0) is 35.5. The van der Waals surface area contributed by atoms with E-state index in [1.807, 2.05) is 19.1 Å². The fourth-order valence-corrected chi connectivity index (χ4v) is 10.3. The van der Waals surface area contributed by atoms with Crippen LogP contribution in [0, 0.1) is 17.8 Å². The zero-order valence-corrected chi connectivity index (χ0v) is 31.1. The van der Waals surface area contributed by atoms with Crippen molar-refractivity contribution in [3.05, 3.63) is 82.9 Å². The number of carbonyl (C=O) groups excluding carboxylic acids is 1. The number of hydrogen-bond acceptors (Lipinski definition) is 7. The number of hydrogen-bond donors (Lipinski definition) is 2. The highest BCUT2D eigenvalue weighted by Crippen LogP contribution is 2.46. The lowest BCUT2D eigenvalue weighted by molar-refractivity contribution is -0.0563. The lowest BCUT2D eigenvalue weighted by Crippen LogP contribution is -2.49. The summed E-state index contributed by atoms with van der Waals surface area (Å²) in [6.45, 7) is 10.3. The van der Waals surface area contributed by atoms with Gasteiger partial charge < -0.3 is 19.5 Å². The first-order valence-electron chi connectivity index (χ1n) is 18.5. The van der Waals surface area contributed by atoms with E-state index in [1.165, 1.54) is 11.1 Å². The van der Waals surface area contributed by atoms with Crippen LogP contribution in [0.5, 0.6) is 5.75 Å². The number of aliphatic hydroxyl groups is 1. The van der Waals surface area contributed by atoms with Crippen molar-refractivity contribution >= 4 is 33.2 Å². The molecule has 0 bridgehead atoms. The van der Waals surface area contributed by atoms with Crippen LogP contribution in [0.4, 0.5) is 5.69 Å². The van der Waals surface area contributed by atoms with Gasteiger partial charge in [0.1, 0.15) is 5.75 Å². The number of carbonyl (C=O) groups is 1. The van der Waals surface area contributed by atoms with E-state index in [9.17, 15) is 18.3 Å². The number of unbranched alkanes of at least 4 members (excludes halogenated alkanes) is 1. The fourth-order valence-electron chi connectivity index (χ4n) is 8.43. The van der Waals surface area contributed by atoms with Crippen molar-refractivity contribution in [2.45, 2.75) is 101 Å². The van der Waals surface area contributed by atoms with E-state index in [4.69, 9.17) is 21.1 Å². The van der Waals surface area contributed by atoms with Crippen LogP contribution >= 0.6 is 11.6 Å². The van der Waals surface area contributed by atoms with Crippen molar-refractivity contribution < 1.29 is 27.8 Å². The molecule has 2 aromatic carbocycles. The first kappa shape index (κ1) is 36.9. The quantitative estimate of drug-likeness (QED) is 0.196. The smallest absolute Gasteiger partial charge is 0.264 e. The molecule has 1 saturated carbocycles. The van der Waals surface area contributed by atoms with E-state index in [-0.39, 0.29) is 34.8 Å². The van der Waals surface area contributed by atoms with Crippen LogP contribution in [-0.2, 0) is 26.6 Å². The largest absolute Gasteiger partial charge is 0.490 e. The maximum atomic E-state index is 13.8. The molecule has 8 nitrogen and oxygen atoms in total. The number of nitrogens with zero attached hydrogens (tertiary/aromatic N) is 1. The van der Waals surface area contributed by atoms with E-state index in [2.05, 4.69) is 41.3 Å². The average molecular weight is 725 g/mol. The predicted octanol–water partition coefficient (Wildman–Crippen LogP) is 7.38. The second kappa shape index (κ2) is 15.8. The summed E-state index contributed by atoms with van der Waals surface area (Å²) < 4.78 is 42.1. The molecule has 10 heteroatoms. The molecule has 6 rings (SSSR count). The second-order valence-electron chi connectivity index (χ2n) is 15.0. The molecule has 1 amide bonds. The van der Waals surface area contributed by atoms with Gasteiger partial charge >= 0.3 is 0 Å². The monoisotopic (exact) mass is 724 g/mol. The van der Waals surface area contributed by atoms with Crippen LogP contribution in [0.25, 0.3) is 0 Å². The summed E-state index contributed by atoms with van der Waals surface area (Å²) in [7, 11) is -4.02. The van der Waals surface area contributed by atoms with Crippen molar-refractivity contribution in [1.82, 2.24) is 4.72 Å². The third kappa shape index (κ3) is 7.96. The SMILES string of the molecule is C=CCC(C)C(C[C@H]1CCO1)S(=O)(=O)NC(=O)c1ccc2c(c1)N(C[C@@H]1CC[C@H]1C(O)/C=C/CCC)C[C@@]1(CCCc3cc(Cl)ccc31)CO2. The topological polar surface area (TPSA) is 105 Å². The molecule has 2 aliphatic carbocycles. The van der Waals surface area contributed by atoms with Gasteiger partial charge in [0.25, 0.3) is 5.91 Å². The van der Waals surface area contributed by atoms with Crippen LogP contribution in [-0.4, -0.2) is 63.2 Å². The van der Waals surface area contributed by atoms with Gasteiger partial charge in [-0.25, -0.2) is 13.1 Å². The number of allylic oxidation sites excluding steroid dienone is 2. The molecule has 1 spiro atoms. The zero-order valence-electron chi connectivity index (χ0n) is 29.5. The maximum Gasteiger partial charge on any atom is 0.264 e. The standard InChI is InChI=1S/C40H53ClN2O6S/c1-4-6-7-11-36(44)33-15-12-30(33)24-43-25-40(19-8-10-28-21-31(41)14-16-34(28)40)26-49-37-17-13-29(22-35(37)43)39(45)42-50(46,47)38(27(3)9-5-2)23-32-18-20-48-32/h5,7,11,13-14,16-17,21-22,27,30,32-33,36,38,44H,2,4,6,8-10,12,15,18-20,23-26H2,1,3H3,(H,42,45)/b11-7+/t27?,30-,32+,33+,36?,38?,40-/m0/s1. The van der Waals surface area contributed by atoms with Gasteiger partial charge in [-0.1, -0.05) is 56.2 Å². The van der Waals surface area contributed by atoms with Crippen molar-refractivity contribution in [3.63, 3.8) is 0 Å². The molecule has 2 aliphatic heterocycles. The molecule has 3 unspecified atom stereocenters. The first-order chi connectivity index (χ1) is 24.0. The van der Waals surface area contributed by atoms with Crippen molar-refractivity contribution in [3.8, 4) is 5.75 Å². The number of aryl methyl sites for hydroxylation is 1. The van der Waals surface area contributed by atoms with E-state index in [1.54, 1.807) is 24.3 Å². The van der Waals surface area contributed by atoms with Gasteiger partial charge in [-0.2, -0.15) is 0 Å². The summed E-state index contributed by atoms with van der Waals surface area (Å²) in [5.74, 6) is 0.181. The Bertz CT molecular complexity index is 1680. The molecule has 0 aromatic heterocycles. The van der Waals surface area contributed by atoms with Crippen molar-refractivity contribution in [2.24, 2.45) is 17.8 Å². The molecular formula is C40H53ClN2O6S. The number of amides is 1. The summed E-state index contributed by atoms with van der Waals surface area (Å²) in [4.78, 5) is 16.1. The van der Waals surface area contributed by atoms with E-state index in [0.29, 0.717) is 44.9 Å². The Hall–Kier alpha value is -2.85. The maximum absolute atomic E-state index is 13.8. The molecule has 50 heavy (non-hydrogen) atoms. The normalized spacial score (nSPS) is 26.4. The summed E-state index contributed by atoms with van der Waals surface area (Å²) in [6, 6.07) is 11.4. The number of aliphatic hydroxyl groups excluding tert-OH is 1. The molecule has 0 radical (unpaired) electrons. The van der Waals surface area contributed by atoms with E-state index in [0.717, 1.165) is 62.1 Å². The third-order valence-electron chi connectivity index (χ3n) is 11.6. The lowest BCUT2D eigenvalue weighted by Gasteiger charge is -2.45. The molecule has 2 fully saturated rings. The number of fused-ring (bicyclic) bond motifs is 3. The summed E-state index contributed by atoms with van der Waals surface area (Å²) in [5.41, 5.74) is 3.23. The molecule has 272 valence electrons. The highest BCUT2D eigenvalue weighted by molar-refractivity contribution is 7.90. The third-order valence-corrected chi connectivity index (χ3v) is 13.7. The number of anilines is 1. The van der Waals surface area contributed by atoms with E-state index < -0.39 is 27.3 Å². The Balaban J connectivity index is 1.30. The summed E-state index contributed by atoms with van der Waals surface area (Å²) in [6.07, 6.45) is 13.7. The highest BCUT2D eigenvalue weighted by atomic mass is 35.5. The summed E-state index contributed by atoms with van der Waals surface area (Å²) >= 11 is 6.44. The Kier molecular flexibility index (Phi) is 11.7. The Labute approximate surface area is 303 Å². The van der Waals surface area contributed by atoms with Gasteiger partial charge in [-0.3, -0.25) is 4.79 Å².